The first-order valence-corrected chi connectivity index (χ1v) is 13.8. The third kappa shape index (κ3) is 6.11. The van der Waals surface area contributed by atoms with Crippen molar-refractivity contribution in [3.8, 4) is 11.3 Å². The average Bonchev–Trinajstić information content (AvgIpc) is 3.68. The van der Waals surface area contributed by atoms with Crippen molar-refractivity contribution < 1.29 is 14.1 Å². The van der Waals surface area contributed by atoms with Crippen LogP contribution in [-0.4, -0.2) is 36.4 Å². The summed E-state index contributed by atoms with van der Waals surface area (Å²) in [6, 6.07) is 14.0. The number of hydrogen-bond acceptors (Lipinski definition) is 8. The molecule has 2 aromatic carbocycles. The van der Waals surface area contributed by atoms with Gasteiger partial charge in [0.05, 0.1) is 35.4 Å². The smallest absolute Gasteiger partial charge is 0.145 e. The van der Waals surface area contributed by atoms with Crippen LogP contribution in [0.4, 0.5) is 5.69 Å². The van der Waals surface area contributed by atoms with E-state index in [4.69, 9.17) is 32.5 Å². The molecule has 1 saturated heterocycles. The highest BCUT2D eigenvalue weighted by Crippen LogP contribution is 2.46. The first kappa shape index (κ1) is 27.2. The summed E-state index contributed by atoms with van der Waals surface area (Å²) in [5.41, 5.74) is 4.59. The normalized spacial score (nSPS) is 16.0. The topological polar surface area (TPSA) is 86.6 Å². The summed E-state index contributed by atoms with van der Waals surface area (Å²) in [5.74, 6) is 5.68. The first-order chi connectivity index (χ1) is 18.5. The van der Waals surface area contributed by atoms with E-state index in [0.717, 1.165) is 71.5 Å². The molecule has 1 aliphatic heterocycles. The Balaban J connectivity index is 0.000000937. The number of nitrogens with zero attached hydrogens (tertiary/aromatic N) is 3. The molecule has 0 spiro atoms. The molecule has 0 amide bonds. The number of thiol groups is 1. The summed E-state index contributed by atoms with van der Waals surface area (Å²) in [4.78, 5) is 11.5. The fraction of sp³-hybridized carbons (Fsp3) is 0.357. The minimum absolute atomic E-state index is 0.174. The first-order valence-electron chi connectivity index (χ1n) is 12.6. The molecule has 38 heavy (non-hydrogen) atoms. The number of ether oxygens (including phenoxy) is 1. The van der Waals surface area contributed by atoms with Crippen LogP contribution in [0.25, 0.3) is 22.2 Å². The van der Waals surface area contributed by atoms with Crippen molar-refractivity contribution in [1.29, 1.82) is 0 Å². The largest absolute Gasteiger partial charge is 0.373 e. The van der Waals surface area contributed by atoms with E-state index >= 15 is 0 Å². The Morgan fingerprint density at radius 3 is 2.47 bits per heavy atom. The van der Waals surface area contributed by atoms with Crippen LogP contribution in [0, 0.1) is 0 Å². The van der Waals surface area contributed by atoms with Crippen LogP contribution in [0.1, 0.15) is 42.9 Å². The molecular formula is C28H30Cl2N4O3S. The summed E-state index contributed by atoms with van der Waals surface area (Å²) in [7, 11) is 1.40. The molecule has 10 heteroatoms. The fourth-order valence-corrected chi connectivity index (χ4v) is 5.60. The number of fused-ring (bicyclic) bond motifs is 1. The SMILES string of the molecule is CON.Sc1cnc2cc(N3CCC(OCc4c(-c5c(Cl)cccc5Cl)noc4C4CC4)CC3)ccc2c1. The molecule has 0 unspecified atom stereocenters. The van der Waals surface area contributed by atoms with Crippen LogP contribution in [-0.2, 0) is 16.2 Å². The molecule has 0 atom stereocenters. The zero-order chi connectivity index (χ0) is 26.6. The molecule has 1 aliphatic carbocycles. The van der Waals surface area contributed by atoms with Crippen molar-refractivity contribution in [3.05, 3.63) is 70.0 Å². The Labute approximate surface area is 237 Å². The lowest BCUT2D eigenvalue weighted by Crippen LogP contribution is -2.37. The van der Waals surface area contributed by atoms with Crippen molar-refractivity contribution in [1.82, 2.24) is 10.1 Å². The molecule has 7 nitrogen and oxygen atoms in total. The van der Waals surface area contributed by atoms with Gasteiger partial charge >= 0.3 is 0 Å². The molecule has 4 aromatic rings. The second kappa shape index (κ2) is 12.2. The highest BCUT2D eigenvalue weighted by Gasteiger charge is 2.34. The van der Waals surface area contributed by atoms with Gasteiger partial charge in [-0.2, -0.15) is 0 Å². The Bertz CT molecular complexity index is 1380. The van der Waals surface area contributed by atoms with Crippen molar-refractivity contribution in [3.63, 3.8) is 0 Å². The lowest BCUT2D eigenvalue weighted by atomic mass is 10.0. The molecule has 3 heterocycles. The third-order valence-electron chi connectivity index (χ3n) is 6.89. The van der Waals surface area contributed by atoms with Gasteiger partial charge in [-0.25, -0.2) is 5.90 Å². The number of hydrogen-bond donors (Lipinski definition) is 2. The van der Waals surface area contributed by atoms with Crippen LogP contribution in [0.15, 0.2) is 58.1 Å². The Hall–Kier alpha value is -2.33. The van der Waals surface area contributed by atoms with Gasteiger partial charge in [-0.3, -0.25) is 4.98 Å². The average molecular weight is 574 g/mol. The number of benzene rings is 2. The maximum Gasteiger partial charge on any atom is 0.145 e. The van der Waals surface area contributed by atoms with Gasteiger partial charge in [0.25, 0.3) is 0 Å². The van der Waals surface area contributed by atoms with E-state index in [1.807, 2.05) is 24.3 Å². The standard InChI is InChI=1S/C27H25Cl2N3O2S.CH5NO/c28-22-2-1-3-23(29)25(22)26-21(27(34-31-26)16-4-5-16)15-33-19-8-10-32(11-9-19)18-7-6-17-12-20(35)14-30-24(17)13-18;1-3-2/h1-3,6-7,12-14,16,19,35H,4-5,8-11,15H2;2H2,1H3. The van der Waals surface area contributed by atoms with Crippen LogP contribution < -0.4 is 10.8 Å². The third-order valence-corrected chi connectivity index (χ3v) is 7.76. The number of piperidine rings is 1. The molecule has 200 valence electrons. The predicted molar refractivity (Wildman–Crippen MR) is 154 cm³/mol. The molecule has 1 saturated carbocycles. The second-order valence-corrected chi connectivity index (χ2v) is 10.9. The fourth-order valence-electron chi connectivity index (χ4n) is 4.82. The number of nitrogens with two attached hydrogens (primary N) is 1. The molecule has 0 bridgehead atoms. The van der Waals surface area contributed by atoms with E-state index in [-0.39, 0.29) is 6.10 Å². The summed E-state index contributed by atoms with van der Waals surface area (Å²) in [6.45, 7) is 2.31. The predicted octanol–water partition coefficient (Wildman–Crippen LogP) is 7.05. The monoisotopic (exact) mass is 572 g/mol. The van der Waals surface area contributed by atoms with E-state index in [2.05, 4.69) is 56.6 Å². The van der Waals surface area contributed by atoms with Gasteiger partial charge in [-0.15, -0.1) is 12.6 Å². The van der Waals surface area contributed by atoms with E-state index < -0.39 is 0 Å². The lowest BCUT2D eigenvalue weighted by Gasteiger charge is -2.33. The molecule has 2 aliphatic rings. The van der Waals surface area contributed by atoms with Crippen LogP contribution >= 0.6 is 35.8 Å². The summed E-state index contributed by atoms with van der Waals surface area (Å²) >= 11 is 17.4. The molecule has 2 N–H and O–H groups in total. The summed E-state index contributed by atoms with van der Waals surface area (Å²) in [5, 5.41) is 6.61. The number of anilines is 1. The van der Waals surface area contributed by atoms with E-state index in [1.54, 1.807) is 6.20 Å². The number of pyridine rings is 1. The highest BCUT2D eigenvalue weighted by molar-refractivity contribution is 7.80. The number of rotatable bonds is 6. The Kier molecular flexibility index (Phi) is 8.77. The van der Waals surface area contributed by atoms with Crippen LogP contribution in [0.5, 0.6) is 0 Å². The second-order valence-electron chi connectivity index (χ2n) is 9.55. The lowest BCUT2D eigenvalue weighted by molar-refractivity contribution is 0.0246. The van der Waals surface area contributed by atoms with Gasteiger partial charge < -0.3 is 19.0 Å². The molecule has 6 rings (SSSR count). The quantitative estimate of drug-likeness (QED) is 0.189. The van der Waals surface area contributed by atoms with Gasteiger partial charge in [0, 0.05) is 52.3 Å². The molecule has 2 aromatic heterocycles. The highest BCUT2D eigenvalue weighted by atomic mass is 35.5. The number of aromatic nitrogens is 2. The van der Waals surface area contributed by atoms with Crippen molar-refractivity contribution in [2.24, 2.45) is 5.90 Å². The van der Waals surface area contributed by atoms with Gasteiger partial charge in [-0.05, 0) is 56.0 Å². The minimum Gasteiger partial charge on any atom is -0.373 e. The Morgan fingerprint density at radius 1 is 1.08 bits per heavy atom. The molecule has 0 radical (unpaired) electrons. The van der Waals surface area contributed by atoms with E-state index in [1.165, 1.54) is 12.8 Å². The van der Waals surface area contributed by atoms with E-state index in [0.29, 0.717) is 28.3 Å². The van der Waals surface area contributed by atoms with Crippen molar-refractivity contribution in [2.75, 3.05) is 25.1 Å². The zero-order valence-electron chi connectivity index (χ0n) is 21.1. The molecular weight excluding hydrogens is 543 g/mol. The summed E-state index contributed by atoms with van der Waals surface area (Å²) < 4.78 is 12.2. The van der Waals surface area contributed by atoms with Gasteiger partial charge in [-0.1, -0.05) is 40.5 Å². The van der Waals surface area contributed by atoms with E-state index in [9.17, 15) is 0 Å². The van der Waals surface area contributed by atoms with Crippen LogP contribution in [0.2, 0.25) is 10.0 Å². The Morgan fingerprint density at radius 2 is 1.79 bits per heavy atom. The maximum atomic E-state index is 6.49. The molecule has 2 fully saturated rings. The maximum absolute atomic E-state index is 6.49. The van der Waals surface area contributed by atoms with Crippen molar-refractivity contribution >= 4 is 52.4 Å². The van der Waals surface area contributed by atoms with Gasteiger partial charge in [0.15, 0.2) is 0 Å². The summed E-state index contributed by atoms with van der Waals surface area (Å²) in [6.07, 6.45) is 6.10. The van der Waals surface area contributed by atoms with Crippen LogP contribution in [0.3, 0.4) is 0 Å². The minimum atomic E-state index is 0.174. The van der Waals surface area contributed by atoms with Crippen molar-refractivity contribution in [2.45, 2.75) is 49.2 Å². The van der Waals surface area contributed by atoms with Gasteiger partial charge in [0.1, 0.15) is 11.5 Å². The van der Waals surface area contributed by atoms with Gasteiger partial charge in [0.2, 0.25) is 0 Å². The zero-order valence-corrected chi connectivity index (χ0v) is 23.5. The number of halogens is 2.